The SMILES string of the molecule is CCN1CCN(c2ccc(-c3cc([N+](=O)[O-])oc3C(N)=O)cc2)CC1. The molecule has 2 heterocycles. The van der Waals surface area contributed by atoms with Crippen molar-refractivity contribution in [1.82, 2.24) is 4.90 Å². The molecular weight excluding hydrogens is 324 g/mol. The Morgan fingerprint density at radius 2 is 1.88 bits per heavy atom. The molecule has 1 aliphatic heterocycles. The Morgan fingerprint density at radius 1 is 1.24 bits per heavy atom. The second-order valence-corrected chi connectivity index (χ2v) is 5.92. The maximum atomic E-state index is 11.5. The van der Waals surface area contributed by atoms with Crippen LogP contribution in [0.1, 0.15) is 17.5 Å². The quantitative estimate of drug-likeness (QED) is 0.657. The van der Waals surface area contributed by atoms with E-state index in [2.05, 4.69) is 16.7 Å². The topological polar surface area (TPSA) is 106 Å². The molecule has 3 rings (SSSR count). The maximum absolute atomic E-state index is 11.5. The van der Waals surface area contributed by atoms with Crippen LogP contribution < -0.4 is 10.6 Å². The van der Waals surface area contributed by atoms with Crippen LogP contribution in [0.15, 0.2) is 34.7 Å². The molecule has 8 nitrogen and oxygen atoms in total. The lowest BCUT2D eigenvalue weighted by Gasteiger charge is -2.35. The minimum absolute atomic E-state index is 0.198. The molecule has 8 heteroatoms. The number of nitro groups is 1. The molecule has 1 aromatic heterocycles. The molecule has 1 fully saturated rings. The number of primary amides is 1. The third kappa shape index (κ3) is 3.48. The molecule has 0 radical (unpaired) electrons. The van der Waals surface area contributed by atoms with Crippen LogP contribution in [0.25, 0.3) is 11.1 Å². The molecule has 25 heavy (non-hydrogen) atoms. The van der Waals surface area contributed by atoms with Crippen molar-refractivity contribution in [2.24, 2.45) is 5.73 Å². The van der Waals surface area contributed by atoms with E-state index in [4.69, 9.17) is 10.2 Å². The van der Waals surface area contributed by atoms with E-state index in [-0.39, 0.29) is 5.76 Å². The minimum atomic E-state index is -0.831. The highest BCUT2D eigenvalue weighted by atomic mass is 16.6. The molecule has 0 bridgehead atoms. The summed E-state index contributed by atoms with van der Waals surface area (Å²) in [7, 11) is 0. The number of amides is 1. The fraction of sp³-hybridized carbons (Fsp3) is 0.353. The number of rotatable bonds is 5. The summed E-state index contributed by atoms with van der Waals surface area (Å²) in [5.41, 5.74) is 7.34. The first-order chi connectivity index (χ1) is 12.0. The van der Waals surface area contributed by atoms with E-state index in [0.717, 1.165) is 38.4 Å². The average Bonchev–Trinajstić information content (AvgIpc) is 3.08. The summed E-state index contributed by atoms with van der Waals surface area (Å²) in [5.74, 6) is -1.53. The van der Waals surface area contributed by atoms with Gasteiger partial charge in [0.15, 0.2) is 0 Å². The fourth-order valence-corrected chi connectivity index (χ4v) is 3.04. The predicted molar refractivity (Wildman–Crippen MR) is 93.6 cm³/mol. The van der Waals surface area contributed by atoms with Gasteiger partial charge in [-0.3, -0.25) is 14.9 Å². The van der Waals surface area contributed by atoms with Gasteiger partial charge < -0.3 is 20.0 Å². The number of anilines is 1. The lowest BCUT2D eigenvalue weighted by atomic mass is 10.1. The van der Waals surface area contributed by atoms with Gasteiger partial charge in [-0.05, 0) is 24.2 Å². The van der Waals surface area contributed by atoms with Crippen LogP contribution in [0.3, 0.4) is 0 Å². The summed E-state index contributed by atoms with van der Waals surface area (Å²) < 4.78 is 4.97. The van der Waals surface area contributed by atoms with Crippen molar-refractivity contribution in [2.75, 3.05) is 37.6 Å². The molecule has 0 atom stereocenters. The predicted octanol–water partition coefficient (Wildman–Crippen LogP) is 2.10. The molecule has 1 aliphatic rings. The molecule has 1 amide bonds. The molecule has 1 aromatic carbocycles. The van der Waals surface area contributed by atoms with Crippen LogP contribution in [-0.4, -0.2) is 48.5 Å². The Morgan fingerprint density at radius 3 is 2.40 bits per heavy atom. The van der Waals surface area contributed by atoms with Gasteiger partial charge in [0.1, 0.15) is 4.92 Å². The van der Waals surface area contributed by atoms with Crippen molar-refractivity contribution in [1.29, 1.82) is 0 Å². The molecule has 0 saturated carbocycles. The van der Waals surface area contributed by atoms with Crippen LogP contribution in [0, 0.1) is 10.1 Å². The first kappa shape index (κ1) is 17.0. The van der Waals surface area contributed by atoms with Crippen LogP contribution in [0.2, 0.25) is 0 Å². The Kier molecular flexibility index (Phi) is 4.71. The van der Waals surface area contributed by atoms with Crippen molar-refractivity contribution >= 4 is 17.5 Å². The number of likely N-dealkylation sites (N-methyl/N-ethyl adjacent to an activating group) is 1. The summed E-state index contributed by atoms with van der Waals surface area (Å²) in [4.78, 5) is 26.4. The maximum Gasteiger partial charge on any atom is 0.434 e. The average molecular weight is 344 g/mol. The van der Waals surface area contributed by atoms with Crippen molar-refractivity contribution in [3.8, 4) is 11.1 Å². The van der Waals surface area contributed by atoms with Gasteiger partial charge in [0.25, 0.3) is 5.91 Å². The number of hydrogen-bond donors (Lipinski definition) is 1. The Labute approximate surface area is 145 Å². The van der Waals surface area contributed by atoms with Gasteiger partial charge in [0.2, 0.25) is 5.76 Å². The van der Waals surface area contributed by atoms with Gasteiger partial charge in [0, 0.05) is 37.4 Å². The number of piperazine rings is 1. The zero-order valence-corrected chi connectivity index (χ0v) is 14.0. The zero-order valence-electron chi connectivity index (χ0n) is 14.0. The third-order valence-electron chi connectivity index (χ3n) is 4.49. The smallest absolute Gasteiger partial charge is 0.395 e. The van der Waals surface area contributed by atoms with Gasteiger partial charge in [-0.1, -0.05) is 19.1 Å². The van der Waals surface area contributed by atoms with E-state index in [1.54, 1.807) is 0 Å². The Balaban J connectivity index is 1.83. The first-order valence-electron chi connectivity index (χ1n) is 8.15. The van der Waals surface area contributed by atoms with E-state index in [1.165, 1.54) is 6.07 Å². The van der Waals surface area contributed by atoms with E-state index >= 15 is 0 Å². The number of carbonyl (C=O) groups is 1. The van der Waals surface area contributed by atoms with Gasteiger partial charge in [-0.25, -0.2) is 0 Å². The fourth-order valence-electron chi connectivity index (χ4n) is 3.04. The van der Waals surface area contributed by atoms with Gasteiger partial charge in [0.05, 0.1) is 6.07 Å². The molecule has 0 spiro atoms. The summed E-state index contributed by atoms with van der Waals surface area (Å²) in [6.45, 7) is 7.18. The third-order valence-corrected chi connectivity index (χ3v) is 4.49. The summed E-state index contributed by atoms with van der Waals surface area (Å²) >= 11 is 0. The van der Waals surface area contributed by atoms with E-state index in [0.29, 0.717) is 11.1 Å². The van der Waals surface area contributed by atoms with E-state index in [9.17, 15) is 14.9 Å². The van der Waals surface area contributed by atoms with E-state index in [1.807, 2.05) is 24.3 Å². The van der Waals surface area contributed by atoms with Gasteiger partial charge in [-0.2, -0.15) is 0 Å². The Bertz CT molecular complexity index is 776. The van der Waals surface area contributed by atoms with Crippen LogP contribution >= 0.6 is 0 Å². The zero-order chi connectivity index (χ0) is 18.0. The highest BCUT2D eigenvalue weighted by Gasteiger charge is 2.23. The lowest BCUT2D eigenvalue weighted by Crippen LogP contribution is -2.46. The number of nitrogens with two attached hydrogens (primary N) is 1. The standard InChI is InChI=1S/C17H20N4O4/c1-2-19-7-9-20(10-8-19)13-5-3-12(4-6-13)14-11-15(21(23)24)25-16(14)17(18)22/h3-6,11H,2,7-10H2,1H3,(H2,18,22). The highest BCUT2D eigenvalue weighted by molar-refractivity contribution is 5.97. The molecule has 0 aliphatic carbocycles. The lowest BCUT2D eigenvalue weighted by molar-refractivity contribution is -0.402. The first-order valence-corrected chi connectivity index (χ1v) is 8.15. The summed E-state index contributed by atoms with van der Waals surface area (Å²) in [5, 5.41) is 10.9. The second kappa shape index (κ2) is 6.94. The van der Waals surface area contributed by atoms with E-state index < -0.39 is 16.7 Å². The Hall–Kier alpha value is -2.87. The van der Waals surface area contributed by atoms with Crippen molar-refractivity contribution in [2.45, 2.75) is 6.92 Å². The van der Waals surface area contributed by atoms with Crippen molar-refractivity contribution < 1.29 is 14.1 Å². The summed E-state index contributed by atoms with van der Waals surface area (Å²) in [6.07, 6.45) is 0. The molecule has 0 unspecified atom stereocenters. The molecular formula is C17H20N4O4. The van der Waals surface area contributed by atoms with Crippen LogP contribution in [-0.2, 0) is 0 Å². The number of hydrogen-bond acceptors (Lipinski definition) is 6. The van der Waals surface area contributed by atoms with Gasteiger partial charge in [-0.15, -0.1) is 0 Å². The normalized spacial score (nSPS) is 15.3. The second-order valence-electron chi connectivity index (χ2n) is 5.92. The largest absolute Gasteiger partial charge is 0.434 e. The highest BCUT2D eigenvalue weighted by Crippen LogP contribution is 2.32. The van der Waals surface area contributed by atoms with Crippen LogP contribution in [0.5, 0.6) is 0 Å². The minimum Gasteiger partial charge on any atom is -0.395 e. The number of nitrogens with zero attached hydrogens (tertiary/aromatic N) is 3. The molecule has 2 N–H and O–H groups in total. The van der Waals surface area contributed by atoms with Crippen molar-refractivity contribution in [3.63, 3.8) is 0 Å². The number of carbonyl (C=O) groups excluding carboxylic acids is 1. The molecule has 132 valence electrons. The van der Waals surface area contributed by atoms with Gasteiger partial charge >= 0.3 is 5.88 Å². The molecule has 2 aromatic rings. The molecule has 1 saturated heterocycles. The monoisotopic (exact) mass is 344 g/mol. The number of benzene rings is 1. The van der Waals surface area contributed by atoms with Crippen molar-refractivity contribution in [3.05, 3.63) is 46.2 Å². The van der Waals surface area contributed by atoms with Crippen LogP contribution in [0.4, 0.5) is 11.6 Å². The number of furan rings is 1. The summed E-state index contributed by atoms with van der Waals surface area (Å²) in [6, 6.07) is 8.77.